The number of anilines is 2. The highest BCUT2D eigenvalue weighted by Gasteiger charge is 2.30. The van der Waals surface area contributed by atoms with Crippen LogP contribution < -0.4 is 20.9 Å². The molecule has 0 bridgehead atoms. The molecule has 1 amide bonds. The molecule has 0 aromatic heterocycles. The lowest BCUT2D eigenvalue weighted by atomic mass is 10.0. The number of benzene rings is 4. The van der Waals surface area contributed by atoms with Crippen molar-refractivity contribution in [2.45, 2.75) is 38.7 Å². The smallest absolute Gasteiger partial charge is 0.379 e. The van der Waals surface area contributed by atoms with Crippen LogP contribution in [-0.4, -0.2) is 37.6 Å². The third kappa shape index (κ3) is 6.39. The summed E-state index contributed by atoms with van der Waals surface area (Å²) < 4.78 is 39.3. The Bertz CT molecular complexity index is 1480. The molecule has 40 heavy (non-hydrogen) atoms. The molecule has 0 spiro atoms. The number of nitrogens with zero attached hydrogens (tertiary/aromatic N) is 1. The minimum Gasteiger partial charge on any atom is -0.379 e. The molecule has 4 aromatic rings. The van der Waals surface area contributed by atoms with Crippen molar-refractivity contribution in [3.05, 3.63) is 96.1 Å². The van der Waals surface area contributed by atoms with Gasteiger partial charge in [0.1, 0.15) is 6.04 Å². The summed E-state index contributed by atoms with van der Waals surface area (Å²) in [6, 6.07) is 25.3. The van der Waals surface area contributed by atoms with Crippen LogP contribution in [0.2, 0.25) is 0 Å². The van der Waals surface area contributed by atoms with Crippen LogP contribution in [0.3, 0.4) is 0 Å². The number of halogens is 3. The van der Waals surface area contributed by atoms with E-state index in [1.54, 1.807) is 0 Å². The van der Waals surface area contributed by atoms with Gasteiger partial charge in [0.15, 0.2) is 0 Å². The zero-order valence-corrected chi connectivity index (χ0v) is 22.6. The van der Waals surface area contributed by atoms with E-state index in [-0.39, 0.29) is 18.0 Å². The number of hydrogen-bond donors (Lipinski definition) is 3. The molecule has 0 radical (unpaired) electrons. The summed E-state index contributed by atoms with van der Waals surface area (Å²) in [7, 11) is 0. The van der Waals surface area contributed by atoms with Crippen LogP contribution in [0.15, 0.2) is 84.9 Å². The average Bonchev–Trinajstić information content (AvgIpc) is 2.95. The second kappa shape index (κ2) is 11.6. The van der Waals surface area contributed by atoms with Crippen molar-refractivity contribution >= 4 is 28.1 Å². The summed E-state index contributed by atoms with van der Waals surface area (Å²) in [6.07, 6.45) is -4.38. The molecule has 4 aromatic carbocycles. The van der Waals surface area contributed by atoms with Crippen LogP contribution in [0.25, 0.3) is 21.9 Å². The van der Waals surface area contributed by atoms with E-state index in [4.69, 9.17) is 0 Å². The Labute approximate surface area is 232 Å². The van der Waals surface area contributed by atoms with Gasteiger partial charge in [-0.05, 0) is 71.6 Å². The van der Waals surface area contributed by atoms with Crippen molar-refractivity contribution in [1.82, 2.24) is 10.6 Å². The van der Waals surface area contributed by atoms with Gasteiger partial charge in [0.05, 0.1) is 16.9 Å². The number of hydrogen-bond acceptors (Lipinski definition) is 4. The minimum absolute atomic E-state index is 0.0354. The van der Waals surface area contributed by atoms with E-state index in [0.29, 0.717) is 25.2 Å². The van der Waals surface area contributed by atoms with E-state index in [9.17, 15) is 18.0 Å². The van der Waals surface area contributed by atoms with Gasteiger partial charge >= 0.3 is 6.18 Å². The highest BCUT2D eigenvalue weighted by molar-refractivity contribution is 5.85. The number of alkyl halides is 3. The SMILES string of the molecule is CC(C)NC(=O)C1CN(c2ccc(-c3ccc(C(F)(F)F)cc3)cc2NCc2ccc3ccccc3c2)CCN1. The summed E-state index contributed by atoms with van der Waals surface area (Å²) >= 11 is 0. The molecule has 1 atom stereocenters. The summed E-state index contributed by atoms with van der Waals surface area (Å²) in [6.45, 7) is 6.32. The number of carbonyl (C=O) groups excluding carboxylic acids is 1. The van der Waals surface area contributed by atoms with Crippen molar-refractivity contribution in [3.63, 3.8) is 0 Å². The third-order valence-corrected chi connectivity index (χ3v) is 7.10. The van der Waals surface area contributed by atoms with Gasteiger partial charge in [-0.3, -0.25) is 4.79 Å². The van der Waals surface area contributed by atoms with Crippen molar-refractivity contribution in [1.29, 1.82) is 0 Å². The number of piperazine rings is 1. The first-order chi connectivity index (χ1) is 19.2. The van der Waals surface area contributed by atoms with Gasteiger partial charge < -0.3 is 20.9 Å². The lowest BCUT2D eigenvalue weighted by molar-refractivity contribution is -0.137. The fourth-order valence-electron chi connectivity index (χ4n) is 5.06. The Morgan fingerprint density at radius 2 is 1.68 bits per heavy atom. The molecular formula is C32H33F3N4O. The van der Waals surface area contributed by atoms with Crippen molar-refractivity contribution in [2.75, 3.05) is 29.9 Å². The lowest BCUT2D eigenvalue weighted by Gasteiger charge is -2.36. The molecule has 3 N–H and O–H groups in total. The van der Waals surface area contributed by atoms with E-state index in [2.05, 4.69) is 51.2 Å². The van der Waals surface area contributed by atoms with Gasteiger partial charge in [-0.15, -0.1) is 0 Å². The number of carbonyl (C=O) groups is 1. The summed E-state index contributed by atoms with van der Waals surface area (Å²) in [4.78, 5) is 14.9. The molecule has 1 aliphatic rings. The van der Waals surface area contributed by atoms with Crippen molar-refractivity contribution < 1.29 is 18.0 Å². The topological polar surface area (TPSA) is 56.4 Å². The Hall–Kier alpha value is -4.04. The molecule has 8 heteroatoms. The third-order valence-electron chi connectivity index (χ3n) is 7.10. The van der Waals surface area contributed by atoms with Gasteiger partial charge in [-0.1, -0.05) is 54.6 Å². The maximum atomic E-state index is 13.1. The van der Waals surface area contributed by atoms with Gasteiger partial charge in [0.2, 0.25) is 5.91 Å². The Kier molecular flexibility index (Phi) is 7.98. The normalized spacial score (nSPS) is 15.8. The molecular weight excluding hydrogens is 513 g/mol. The van der Waals surface area contributed by atoms with Crippen LogP contribution in [0.4, 0.5) is 24.5 Å². The van der Waals surface area contributed by atoms with Crippen LogP contribution in [0, 0.1) is 0 Å². The van der Waals surface area contributed by atoms with Crippen LogP contribution in [-0.2, 0) is 17.5 Å². The maximum Gasteiger partial charge on any atom is 0.416 e. The summed E-state index contributed by atoms with van der Waals surface area (Å²) in [5, 5.41) is 12.2. The molecule has 5 nitrogen and oxygen atoms in total. The number of nitrogens with one attached hydrogen (secondary N) is 3. The van der Waals surface area contributed by atoms with E-state index in [1.807, 2.05) is 44.2 Å². The summed E-state index contributed by atoms with van der Waals surface area (Å²) in [5.74, 6) is -0.0354. The second-order valence-electron chi connectivity index (χ2n) is 10.5. The Morgan fingerprint density at radius 1 is 0.950 bits per heavy atom. The number of amides is 1. The molecule has 1 aliphatic heterocycles. The molecule has 0 aliphatic carbocycles. The van der Waals surface area contributed by atoms with Crippen molar-refractivity contribution in [2.24, 2.45) is 0 Å². The van der Waals surface area contributed by atoms with E-state index in [1.165, 1.54) is 17.5 Å². The van der Waals surface area contributed by atoms with Gasteiger partial charge in [0, 0.05) is 32.2 Å². The average molecular weight is 547 g/mol. The highest BCUT2D eigenvalue weighted by Crippen LogP contribution is 2.35. The molecule has 1 saturated heterocycles. The van der Waals surface area contributed by atoms with Crippen molar-refractivity contribution in [3.8, 4) is 11.1 Å². The monoisotopic (exact) mass is 546 g/mol. The quantitative estimate of drug-likeness (QED) is 0.250. The maximum absolute atomic E-state index is 13.1. The molecule has 1 unspecified atom stereocenters. The van der Waals surface area contributed by atoms with E-state index in [0.717, 1.165) is 46.6 Å². The van der Waals surface area contributed by atoms with E-state index >= 15 is 0 Å². The highest BCUT2D eigenvalue weighted by atomic mass is 19.4. The molecule has 0 saturated carbocycles. The predicted octanol–water partition coefficient (Wildman–Crippen LogP) is 6.44. The van der Waals surface area contributed by atoms with Crippen LogP contribution >= 0.6 is 0 Å². The van der Waals surface area contributed by atoms with E-state index < -0.39 is 11.7 Å². The lowest BCUT2D eigenvalue weighted by Crippen LogP contribution is -2.58. The van der Waals surface area contributed by atoms with Gasteiger partial charge in [-0.2, -0.15) is 13.2 Å². The first-order valence-electron chi connectivity index (χ1n) is 13.5. The first kappa shape index (κ1) is 27.5. The van der Waals surface area contributed by atoms with Gasteiger partial charge in [-0.25, -0.2) is 0 Å². The largest absolute Gasteiger partial charge is 0.416 e. The second-order valence-corrected chi connectivity index (χ2v) is 10.5. The number of fused-ring (bicyclic) bond motifs is 1. The molecule has 1 heterocycles. The zero-order chi connectivity index (χ0) is 28.3. The fraction of sp³-hybridized carbons (Fsp3) is 0.281. The van der Waals surface area contributed by atoms with Gasteiger partial charge in [0.25, 0.3) is 0 Å². The van der Waals surface area contributed by atoms with Crippen LogP contribution in [0.5, 0.6) is 0 Å². The number of rotatable bonds is 7. The Morgan fingerprint density at radius 3 is 2.40 bits per heavy atom. The minimum atomic E-state index is -4.38. The fourth-order valence-corrected chi connectivity index (χ4v) is 5.06. The first-order valence-corrected chi connectivity index (χ1v) is 13.5. The molecule has 208 valence electrons. The standard InChI is InChI=1S/C32H33F3N4O/c1-21(2)38-31(40)29-20-39(16-15-36-29)30-14-11-26(24-9-12-27(13-10-24)32(33,34)35)18-28(30)37-19-22-7-8-23-5-3-4-6-25(23)17-22/h3-14,17-18,21,29,36-37H,15-16,19-20H2,1-2H3,(H,38,40). The summed E-state index contributed by atoms with van der Waals surface area (Å²) in [5.41, 5.74) is 3.74. The predicted molar refractivity (Wildman–Crippen MR) is 155 cm³/mol. The zero-order valence-electron chi connectivity index (χ0n) is 22.6. The van der Waals surface area contributed by atoms with Crippen LogP contribution in [0.1, 0.15) is 25.0 Å². The molecule has 5 rings (SSSR count). The Balaban J connectivity index is 1.44. The molecule has 1 fully saturated rings.